The van der Waals surface area contributed by atoms with Crippen molar-refractivity contribution in [1.29, 1.82) is 0 Å². The van der Waals surface area contributed by atoms with Crippen LogP contribution in [0.1, 0.15) is 0 Å². The summed E-state index contributed by atoms with van der Waals surface area (Å²) >= 11 is 0. The van der Waals surface area contributed by atoms with E-state index in [-0.39, 0.29) is 0 Å². The zero-order valence-corrected chi connectivity index (χ0v) is 34.4. The largest absolute Gasteiger partial charge is 0.456 e. The molecule has 0 aliphatic carbocycles. The molecule has 12 aromatic rings. The van der Waals surface area contributed by atoms with Gasteiger partial charge in [-0.2, -0.15) is 0 Å². The predicted octanol–water partition coefficient (Wildman–Crippen LogP) is 16.8. The number of anilines is 3. The highest BCUT2D eigenvalue weighted by molar-refractivity contribution is 6.16. The summed E-state index contributed by atoms with van der Waals surface area (Å²) in [5.74, 6) is 0. The van der Waals surface area contributed by atoms with Crippen LogP contribution < -0.4 is 4.90 Å². The van der Waals surface area contributed by atoms with E-state index in [0.717, 1.165) is 55.8 Å². The summed E-state index contributed by atoms with van der Waals surface area (Å²) in [4.78, 5) is 2.32. The number of benzene rings is 10. The van der Waals surface area contributed by atoms with E-state index in [2.05, 4.69) is 240 Å². The lowest BCUT2D eigenvalue weighted by Crippen LogP contribution is -2.09. The summed E-state index contributed by atoms with van der Waals surface area (Å²) in [5, 5.41) is 4.72. The minimum absolute atomic E-state index is 0.864. The summed E-state index contributed by atoms with van der Waals surface area (Å²) in [6.45, 7) is 0. The van der Waals surface area contributed by atoms with Gasteiger partial charge >= 0.3 is 0 Å². The van der Waals surface area contributed by atoms with E-state index in [9.17, 15) is 0 Å². The van der Waals surface area contributed by atoms with Gasteiger partial charge in [-0.25, -0.2) is 0 Å². The second kappa shape index (κ2) is 15.3. The Morgan fingerprint density at radius 2 is 0.794 bits per heavy atom. The van der Waals surface area contributed by atoms with E-state index >= 15 is 0 Å². The molecule has 296 valence electrons. The van der Waals surface area contributed by atoms with Gasteiger partial charge in [0.25, 0.3) is 0 Å². The van der Waals surface area contributed by atoms with Crippen molar-refractivity contribution < 1.29 is 4.42 Å². The first-order valence-electron chi connectivity index (χ1n) is 21.5. The maximum Gasteiger partial charge on any atom is 0.137 e. The average Bonchev–Trinajstić information content (AvgIpc) is 3.91. The van der Waals surface area contributed by atoms with Crippen molar-refractivity contribution in [2.24, 2.45) is 0 Å². The van der Waals surface area contributed by atoms with Crippen LogP contribution in [0.5, 0.6) is 0 Å². The minimum Gasteiger partial charge on any atom is -0.456 e. The van der Waals surface area contributed by atoms with Crippen molar-refractivity contribution in [1.82, 2.24) is 4.57 Å². The lowest BCUT2D eigenvalue weighted by Gasteiger charge is -2.26. The molecule has 0 atom stereocenters. The molecule has 3 nitrogen and oxygen atoms in total. The van der Waals surface area contributed by atoms with Crippen LogP contribution in [0.2, 0.25) is 0 Å². The molecule has 2 heterocycles. The third-order valence-corrected chi connectivity index (χ3v) is 12.4. The van der Waals surface area contributed by atoms with Gasteiger partial charge in [-0.1, -0.05) is 152 Å². The lowest BCUT2D eigenvalue weighted by atomic mass is 9.91. The minimum atomic E-state index is 0.864. The SMILES string of the molecule is c1ccc(-c2ccc(N(c3ccc(-c4cc(-c5ccccc5)cc(-c5cccc6c5c5ccccc5n6-c5ccccc5)c4)cc3)c3ccc4c(c3)oc3ccccc34)cc2)cc1. The van der Waals surface area contributed by atoms with Gasteiger partial charge in [-0.3, -0.25) is 0 Å². The monoisotopic (exact) mass is 804 g/mol. The molecule has 0 fully saturated rings. The van der Waals surface area contributed by atoms with Crippen LogP contribution in [0, 0.1) is 0 Å². The second-order valence-corrected chi connectivity index (χ2v) is 16.1. The van der Waals surface area contributed by atoms with Gasteiger partial charge in [0, 0.05) is 50.4 Å². The lowest BCUT2D eigenvalue weighted by molar-refractivity contribution is 0.669. The predicted molar refractivity (Wildman–Crippen MR) is 264 cm³/mol. The number of nitrogens with zero attached hydrogens (tertiary/aromatic N) is 2. The highest BCUT2D eigenvalue weighted by Gasteiger charge is 2.19. The van der Waals surface area contributed by atoms with E-state index in [0.29, 0.717) is 0 Å². The highest BCUT2D eigenvalue weighted by Crippen LogP contribution is 2.43. The average molecular weight is 805 g/mol. The van der Waals surface area contributed by atoms with Crippen molar-refractivity contribution in [2.75, 3.05) is 4.90 Å². The molecule has 0 spiro atoms. The fourth-order valence-corrected chi connectivity index (χ4v) is 9.40. The van der Waals surface area contributed by atoms with Crippen molar-refractivity contribution in [3.05, 3.63) is 243 Å². The number of rotatable bonds is 8. The maximum atomic E-state index is 6.41. The van der Waals surface area contributed by atoms with E-state index < -0.39 is 0 Å². The van der Waals surface area contributed by atoms with Gasteiger partial charge in [0.05, 0.1) is 11.0 Å². The molecule has 0 radical (unpaired) electrons. The van der Waals surface area contributed by atoms with Crippen LogP contribution in [-0.4, -0.2) is 4.57 Å². The van der Waals surface area contributed by atoms with E-state index in [1.807, 2.05) is 12.1 Å². The fourth-order valence-electron chi connectivity index (χ4n) is 9.40. The van der Waals surface area contributed by atoms with E-state index in [4.69, 9.17) is 4.42 Å². The first-order chi connectivity index (χ1) is 31.2. The Bertz CT molecular complexity index is 3590. The van der Waals surface area contributed by atoms with Crippen LogP contribution in [0.15, 0.2) is 247 Å². The third kappa shape index (κ3) is 6.46. The summed E-state index contributed by atoms with van der Waals surface area (Å²) in [6, 6.07) is 87.1. The molecule has 12 rings (SSSR count). The van der Waals surface area contributed by atoms with Crippen LogP contribution in [0.25, 0.3) is 93.9 Å². The zero-order chi connectivity index (χ0) is 41.7. The molecule has 0 saturated heterocycles. The van der Waals surface area contributed by atoms with Crippen molar-refractivity contribution in [2.45, 2.75) is 0 Å². The normalized spacial score (nSPS) is 11.5. The van der Waals surface area contributed by atoms with Crippen LogP contribution in [0.4, 0.5) is 17.1 Å². The summed E-state index contributed by atoms with van der Waals surface area (Å²) in [5.41, 5.74) is 17.8. The standard InChI is InChI=1S/C60H40N2O/c1-4-15-41(16-5-1)43-27-31-49(32-28-43)61(51-35-36-54-53-21-11-13-26-58(53)63-59(54)40-51)50-33-29-44(30-34-50)46-37-45(42-17-6-2-7-18-42)38-47(39-46)52-23-14-25-57-60(52)55-22-10-12-24-56(55)62(57)48-19-8-3-9-20-48/h1-40H. The van der Waals surface area contributed by atoms with Crippen molar-refractivity contribution >= 4 is 60.8 Å². The second-order valence-electron chi connectivity index (χ2n) is 16.1. The third-order valence-electron chi connectivity index (χ3n) is 12.4. The number of para-hydroxylation sites is 3. The Morgan fingerprint density at radius 1 is 0.302 bits per heavy atom. The molecule has 3 heteroatoms. The zero-order valence-electron chi connectivity index (χ0n) is 34.4. The number of aromatic nitrogens is 1. The molecule has 0 saturated carbocycles. The van der Waals surface area contributed by atoms with E-state index in [1.165, 1.54) is 55.2 Å². The highest BCUT2D eigenvalue weighted by atomic mass is 16.3. The Labute approximate surface area is 366 Å². The molecule has 0 N–H and O–H groups in total. The van der Waals surface area contributed by atoms with Crippen LogP contribution in [0.3, 0.4) is 0 Å². The quantitative estimate of drug-likeness (QED) is 0.153. The molecule has 0 unspecified atom stereocenters. The van der Waals surface area contributed by atoms with Gasteiger partial charge in [-0.05, 0) is 129 Å². The topological polar surface area (TPSA) is 21.3 Å². The van der Waals surface area contributed by atoms with Gasteiger partial charge in [0.15, 0.2) is 0 Å². The number of hydrogen-bond donors (Lipinski definition) is 0. The van der Waals surface area contributed by atoms with Crippen molar-refractivity contribution in [3.63, 3.8) is 0 Å². The first kappa shape index (κ1) is 36.5. The van der Waals surface area contributed by atoms with Gasteiger partial charge in [0.2, 0.25) is 0 Å². The Kier molecular flexibility index (Phi) is 8.83. The van der Waals surface area contributed by atoms with Gasteiger partial charge < -0.3 is 13.9 Å². The molecule has 0 aliphatic rings. The van der Waals surface area contributed by atoms with E-state index in [1.54, 1.807) is 0 Å². The molecule has 10 aromatic carbocycles. The fraction of sp³-hybridized carbons (Fsp3) is 0. The van der Waals surface area contributed by atoms with Gasteiger partial charge in [-0.15, -0.1) is 0 Å². The smallest absolute Gasteiger partial charge is 0.137 e. The summed E-state index contributed by atoms with van der Waals surface area (Å²) < 4.78 is 8.80. The van der Waals surface area contributed by atoms with Crippen LogP contribution >= 0.6 is 0 Å². The van der Waals surface area contributed by atoms with Gasteiger partial charge in [0.1, 0.15) is 11.2 Å². The Balaban J connectivity index is 0.996. The number of furan rings is 1. The first-order valence-corrected chi connectivity index (χ1v) is 21.5. The molecular weight excluding hydrogens is 765 g/mol. The van der Waals surface area contributed by atoms with Crippen LogP contribution in [-0.2, 0) is 0 Å². The molecule has 0 amide bonds. The summed E-state index contributed by atoms with van der Waals surface area (Å²) in [6.07, 6.45) is 0. The molecular formula is C60H40N2O. The maximum absolute atomic E-state index is 6.41. The molecule has 63 heavy (non-hydrogen) atoms. The molecule has 0 aliphatic heterocycles. The Morgan fingerprint density at radius 3 is 1.48 bits per heavy atom. The molecule has 0 bridgehead atoms. The summed E-state index contributed by atoms with van der Waals surface area (Å²) in [7, 11) is 0. The number of fused-ring (bicyclic) bond motifs is 6. The molecule has 2 aromatic heterocycles. The number of hydrogen-bond acceptors (Lipinski definition) is 2. The van der Waals surface area contributed by atoms with Crippen molar-refractivity contribution in [3.8, 4) is 50.2 Å². The Hall–Kier alpha value is -8.40.